The van der Waals surface area contributed by atoms with Crippen molar-refractivity contribution in [1.29, 1.82) is 0 Å². The number of nitrogens with zero attached hydrogens (tertiary/aromatic N) is 3. The number of carbonyl (C=O) groups excluding carboxylic acids is 1. The summed E-state index contributed by atoms with van der Waals surface area (Å²) in [7, 11) is -3.59. The van der Waals surface area contributed by atoms with Gasteiger partial charge in [-0.1, -0.05) is 0 Å². The first-order valence-electron chi connectivity index (χ1n) is 10.4. The number of imidazole rings is 1. The van der Waals surface area contributed by atoms with Gasteiger partial charge >= 0.3 is 0 Å². The molecule has 3 heterocycles. The van der Waals surface area contributed by atoms with Crippen LogP contribution in [0.3, 0.4) is 0 Å². The summed E-state index contributed by atoms with van der Waals surface area (Å²) < 4.78 is 25.3. The number of pyridine rings is 1. The van der Waals surface area contributed by atoms with Crippen molar-refractivity contribution < 1.29 is 13.2 Å². The lowest BCUT2D eigenvalue weighted by Gasteiger charge is -2.24. The Morgan fingerprint density at radius 2 is 1.94 bits per heavy atom. The zero-order valence-corrected chi connectivity index (χ0v) is 18.5. The minimum atomic E-state index is -3.59. The monoisotopic (exact) mass is 436 g/mol. The molecule has 1 amide bonds. The van der Waals surface area contributed by atoms with Crippen LogP contribution >= 0.6 is 0 Å². The van der Waals surface area contributed by atoms with Gasteiger partial charge in [-0.15, -0.1) is 0 Å². The van der Waals surface area contributed by atoms with Gasteiger partial charge in [0.1, 0.15) is 5.69 Å². The van der Waals surface area contributed by atoms with Gasteiger partial charge in [-0.25, -0.2) is 13.4 Å². The molecule has 1 saturated carbocycles. The second-order valence-corrected chi connectivity index (χ2v) is 10.6. The molecule has 1 N–H and O–H groups in total. The maximum atomic E-state index is 13.2. The molecule has 0 bridgehead atoms. The average molecular weight is 437 g/mol. The summed E-state index contributed by atoms with van der Waals surface area (Å²) in [6.07, 6.45) is 6.83. The number of H-pyrrole nitrogens is 1. The van der Waals surface area contributed by atoms with Gasteiger partial charge in [0, 0.05) is 36.9 Å². The topological polar surface area (TPSA) is 96.0 Å². The summed E-state index contributed by atoms with van der Waals surface area (Å²) in [5.41, 5.74) is 4.28. The van der Waals surface area contributed by atoms with Crippen LogP contribution in [0.2, 0.25) is 0 Å². The van der Waals surface area contributed by atoms with Crippen molar-refractivity contribution in [1.82, 2.24) is 19.9 Å². The molecular formula is C23H24N4O3S. The molecule has 2 aliphatic rings. The Morgan fingerprint density at radius 3 is 2.58 bits per heavy atom. The SMILES string of the molecule is Cc1cnc(-c2cc(-c3cc4c(c(S(C)(=O)=O)c3)C(=O)N([C@@H](C)C3CC3)C4)ccn2)[nH]1. The number of hydrogen-bond donors (Lipinski definition) is 1. The van der Waals surface area contributed by atoms with Crippen molar-refractivity contribution in [2.45, 2.75) is 44.2 Å². The molecule has 8 heteroatoms. The summed E-state index contributed by atoms with van der Waals surface area (Å²) in [5, 5.41) is 0. The second kappa shape index (κ2) is 7.02. The average Bonchev–Trinajstić information content (AvgIpc) is 3.41. The van der Waals surface area contributed by atoms with Gasteiger partial charge < -0.3 is 9.88 Å². The van der Waals surface area contributed by atoms with Crippen molar-refractivity contribution in [3.63, 3.8) is 0 Å². The third-order valence-electron chi connectivity index (χ3n) is 6.23. The lowest BCUT2D eigenvalue weighted by molar-refractivity contribution is 0.0694. The van der Waals surface area contributed by atoms with Crippen molar-refractivity contribution in [3.8, 4) is 22.6 Å². The van der Waals surface area contributed by atoms with Gasteiger partial charge in [0.2, 0.25) is 0 Å². The highest BCUT2D eigenvalue weighted by molar-refractivity contribution is 7.90. The molecule has 1 fully saturated rings. The van der Waals surface area contributed by atoms with E-state index in [1.54, 1.807) is 18.5 Å². The lowest BCUT2D eigenvalue weighted by atomic mass is 10.0. The van der Waals surface area contributed by atoms with E-state index < -0.39 is 9.84 Å². The molecule has 1 aromatic carbocycles. The van der Waals surface area contributed by atoms with Crippen LogP contribution in [0.25, 0.3) is 22.6 Å². The summed E-state index contributed by atoms with van der Waals surface area (Å²) in [5.74, 6) is 0.991. The van der Waals surface area contributed by atoms with Crippen LogP contribution in [0, 0.1) is 12.8 Å². The van der Waals surface area contributed by atoms with Gasteiger partial charge in [-0.3, -0.25) is 9.78 Å². The molecule has 160 valence electrons. The fraction of sp³-hybridized carbons (Fsp3) is 0.348. The molecule has 2 aromatic heterocycles. The van der Waals surface area contributed by atoms with Crippen LogP contribution in [0.1, 0.15) is 41.4 Å². The van der Waals surface area contributed by atoms with Crippen molar-refractivity contribution in [2.75, 3.05) is 6.26 Å². The predicted octanol–water partition coefficient (Wildman–Crippen LogP) is 3.60. The van der Waals surface area contributed by atoms with Gasteiger partial charge in [0.05, 0.1) is 10.5 Å². The molecule has 3 aromatic rings. The molecule has 1 atom stereocenters. The zero-order valence-electron chi connectivity index (χ0n) is 17.7. The number of fused-ring (bicyclic) bond motifs is 1. The van der Waals surface area contributed by atoms with Gasteiger partial charge in [-0.2, -0.15) is 0 Å². The molecule has 1 aliphatic heterocycles. The van der Waals surface area contributed by atoms with Crippen molar-refractivity contribution in [2.24, 2.45) is 5.92 Å². The Morgan fingerprint density at radius 1 is 1.16 bits per heavy atom. The van der Waals surface area contributed by atoms with Crippen LogP contribution in [0.5, 0.6) is 0 Å². The van der Waals surface area contributed by atoms with E-state index in [1.165, 1.54) is 0 Å². The smallest absolute Gasteiger partial charge is 0.256 e. The quantitative estimate of drug-likeness (QED) is 0.659. The molecule has 1 aliphatic carbocycles. The minimum absolute atomic E-state index is 0.0997. The van der Waals surface area contributed by atoms with E-state index in [0.717, 1.165) is 41.5 Å². The molecule has 5 rings (SSSR count). The van der Waals surface area contributed by atoms with Crippen LogP contribution in [0.15, 0.2) is 41.6 Å². The van der Waals surface area contributed by atoms with Gasteiger partial charge in [0.15, 0.2) is 15.7 Å². The summed E-state index contributed by atoms with van der Waals surface area (Å²) in [6.45, 7) is 4.42. The summed E-state index contributed by atoms with van der Waals surface area (Å²) in [6, 6.07) is 7.39. The Kier molecular flexibility index (Phi) is 4.51. The fourth-order valence-electron chi connectivity index (χ4n) is 4.34. The molecule has 0 spiro atoms. The van der Waals surface area contributed by atoms with Crippen LogP contribution in [0.4, 0.5) is 0 Å². The lowest BCUT2D eigenvalue weighted by Crippen LogP contribution is -2.35. The third-order valence-corrected chi connectivity index (χ3v) is 7.35. The largest absolute Gasteiger partial charge is 0.341 e. The van der Waals surface area contributed by atoms with E-state index in [9.17, 15) is 13.2 Å². The molecule has 0 radical (unpaired) electrons. The number of carbonyl (C=O) groups is 1. The molecule has 7 nitrogen and oxygen atoms in total. The summed E-state index contributed by atoms with van der Waals surface area (Å²) >= 11 is 0. The Balaban J connectivity index is 1.61. The number of sulfone groups is 1. The number of amides is 1. The number of nitrogens with one attached hydrogen (secondary N) is 1. The highest BCUT2D eigenvalue weighted by Crippen LogP contribution is 2.40. The first-order valence-corrected chi connectivity index (χ1v) is 12.3. The molecular weight excluding hydrogens is 412 g/mol. The van der Waals surface area contributed by atoms with E-state index >= 15 is 0 Å². The van der Waals surface area contributed by atoms with E-state index in [1.807, 2.05) is 30.0 Å². The maximum absolute atomic E-state index is 13.2. The standard InChI is InChI=1S/C23H24N4O3S/c1-13-11-25-22(26-13)19-9-16(6-7-24-19)17-8-18-12-27(14(2)15-4-5-15)23(28)21(18)20(10-17)31(3,29)30/h6-11,14-15H,4-5,12H2,1-3H3,(H,25,26)/t14-/m0/s1. The zero-order chi connectivity index (χ0) is 21.9. The fourth-order valence-corrected chi connectivity index (χ4v) is 5.27. The molecule has 0 saturated heterocycles. The number of aromatic nitrogens is 3. The predicted molar refractivity (Wildman–Crippen MR) is 117 cm³/mol. The normalized spacial score (nSPS) is 17.1. The minimum Gasteiger partial charge on any atom is -0.341 e. The van der Waals surface area contributed by atoms with Gasteiger partial charge in [-0.05, 0) is 73.6 Å². The molecule has 0 unspecified atom stereocenters. The third kappa shape index (κ3) is 3.54. The number of benzene rings is 1. The van der Waals surface area contributed by atoms with E-state index in [-0.39, 0.29) is 16.8 Å². The second-order valence-electron chi connectivity index (χ2n) is 8.64. The number of hydrogen-bond acceptors (Lipinski definition) is 5. The summed E-state index contributed by atoms with van der Waals surface area (Å²) in [4.78, 5) is 27.0. The maximum Gasteiger partial charge on any atom is 0.256 e. The van der Waals surface area contributed by atoms with Gasteiger partial charge in [0.25, 0.3) is 5.91 Å². The Hall–Kier alpha value is -3.00. The Bertz CT molecular complexity index is 1310. The Labute approximate surface area is 181 Å². The van der Waals surface area contributed by atoms with Crippen LogP contribution in [-0.2, 0) is 16.4 Å². The molecule has 31 heavy (non-hydrogen) atoms. The van der Waals surface area contributed by atoms with E-state index in [4.69, 9.17) is 0 Å². The van der Waals surface area contributed by atoms with E-state index in [2.05, 4.69) is 21.9 Å². The van der Waals surface area contributed by atoms with Crippen molar-refractivity contribution in [3.05, 3.63) is 53.5 Å². The highest BCUT2D eigenvalue weighted by atomic mass is 32.2. The van der Waals surface area contributed by atoms with E-state index in [0.29, 0.717) is 29.5 Å². The highest BCUT2D eigenvalue weighted by Gasteiger charge is 2.40. The first-order chi connectivity index (χ1) is 14.7. The van der Waals surface area contributed by atoms with Crippen molar-refractivity contribution >= 4 is 15.7 Å². The first kappa shape index (κ1) is 19.9. The van der Waals surface area contributed by atoms with Crippen LogP contribution < -0.4 is 0 Å². The number of rotatable bonds is 5. The number of aryl methyl sites for hydroxylation is 1. The number of aromatic amines is 1. The van der Waals surface area contributed by atoms with Crippen LogP contribution in [-0.4, -0.2) is 46.5 Å².